The van der Waals surface area contributed by atoms with Gasteiger partial charge in [-0.3, -0.25) is 4.90 Å². The van der Waals surface area contributed by atoms with Gasteiger partial charge in [0.15, 0.2) is 0 Å². The first kappa shape index (κ1) is 15.3. The Morgan fingerprint density at radius 1 is 1.25 bits per heavy atom. The summed E-state index contributed by atoms with van der Waals surface area (Å²) in [6, 6.07) is 6.44. The first-order valence-electron chi connectivity index (χ1n) is 8.16. The summed E-state index contributed by atoms with van der Waals surface area (Å²) in [5, 5.41) is 8.01. The number of ether oxygens (including phenoxy) is 1. The molecule has 0 radical (unpaired) electrons. The van der Waals surface area contributed by atoms with E-state index in [1.165, 1.54) is 5.56 Å². The first-order valence-corrected chi connectivity index (χ1v) is 8.16. The van der Waals surface area contributed by atoms with E-state index in [4.69, 9.17) is 9.15 Å². The second kappa shape index (κ2) is 5.99. The van der Waals surface area contributed by atoms with Gasteiger partial charge < -0.3 is 13.7 Å². The van der Waals surface area contributed by atoms with Gasteiger partial charge in [-0.25, -0.2) is 4.98 Å². The van der Waals surface area contributed by atoms with Crippen LogP contribution in [0.2, 0.25) is 0 Å². The standard InChI is InChI=1S/C17H21N5O2/c1-11-7-22(9-16(23-11)17-20-19-12(2)24-17)8-13-4-5-15-14(6-13)18-10-21(15)3/h4-6,10-11,16H,7-9H2,1-3H3/t11-,16-/m1/s1. The van der Waals surface area contributed by atoms with Crippen molar-refractivity contribution in [2.75, 3.05) is 13.1 Å². The third-order valence-electron chi connectivity index (χ3n) is 4.35. The molecule has 0 aliphatic carbocycles. The van der Waals surface area contributed by atoms with E-state index in [-0.39, 0.29) is 12.2 Å². The summed E-state index contributed by atoms with van der Waals surface area (Å²) in [5.74, 6) is 1.13. The molecule has 1 fully saturated rings. The van der Waals surface area contributed by atoms with Crippen molar-refractivity contribution in [2.45, 2.75) is 32.6 Å². The van der Waals surface area contributed by atoms with Crippen LogP contribution in [-0.2, 0) is 18.3 Å². The van der Waals surface area contributed by atoms with Gasteiger partial charge in [-0.15, -0.1) is 10.2 Å². The Morgan fingerprint density at radius 2 is 2.12 bits per heavy atom. The van der Waals surface area contributed by atoms with Crippen molar-refractivity contribution < 1.29 is 9.15 Å². The monoisotopic (exact) mass is 327 g/mol. The lowest BCUT2D eigenvalue weighted by Crippen LogP contribution is -2.42. The lowest BCUT2D eigenvalue weighted by molar-refractivity contribution is -0.0917. The van der Waals surface area contributed by atoms with Crippen molar-refractivity contribution >= 4 is 11.0 Å². The van der Waals surface area contributed by atoms with E-state index in [0.717, 1.165) is 30.7 Å². The maximum Gasteiger partial charge on any atom is 0.246 e. The lowest BCUT2D eigenvalue weighted by Gasteiger charge is -2.35. The molecule has 126 valence electrons. The molecule has 3 heterocycles. The van der Waals surface area contributed by atoms with E-state index >= 15 is 0 Å². The fourth-order valence-electron chi connectivity index (χ4n) is 3.28. The number of nitrogens with zero attached hydrogens (tertiary/aromatic N) is 5. The van der Waals surface area contributed by atoms with Crippen LogP contribution < -0.4 is 0 Å². The Morgan fingerprint density at radius 3 is 2.92 bits per heavy atom. The summed E-state index contributed by atoms with van der Waals surface area (Å²) >= 11 is 0. The summed E-state index contributed by atoms with van der Waals surface area (Å²) in [5.41, 5.74) is 3.42. The van der Waals surface area contributed by atoms with E-state index in [0.29, 0.717) is 11.8 Å². The van der Waals surface area contributed by atoms with Crippen LogP contribution in [0.4, 0.5) is 0 Å². The average molecular weight is 327 g/mol. The van der Waals surface area contributed by atoms with Crippen molar-refractivity contribution in [2.24, 2.45) is 7.05 Å². The fraction of sp³-hybridized carbons (Fsp3) is 0.471. The Labute approximate surface area is 140 Å². The maximum absolute atomic E-state index is 5.97. The molecular weight excluding hydrogens is 306 g/mol. The largest absolute Gasteiger partial charge is 0.423 e. The zero-order valence-electron chi connectivity index (χ0n) is 14.1. The van der Waals surface area contributed by atoms with Gasteiger partial charge in [0.1, 0.15) is 6.10 Å². The molecule has 0 bridgehead atoms. The number of aryl methyl sites for hydroxylation is 2. The molecule has 24 heavy (non-hydrogen) atoms. The molecule has 1 saturated heterocycles. The average Bonchev–Trinajstić information content (AvgIpc) is 3.13. The minimum Gasteiger partial charge on any atom is -0.423 e. The second-order valence-electron chi connectivity index (χ2n) is 6.47. The molecule has 7 heteroatoms. The SMILES string of the molecule is Cc1nnc([C@H]2CN(Cc3ccc4c(c3)ncn4C)C[C@@H](C)O2)o1. The minimum absolute atomic E-state index is 0.120. The summed E-state index contributed by atoms with van der Waals surface area (Å²) in [6.45, 7) is 6.34. The van der Waals surface area contributed by atoms with E-state index in [2.05, 4.69) is 45.2 Å². The Bertz CT molecular complexity index is 856. The molecule has 7 nitrogen and oxygen atoms in total. The van der Waals surface area contributed by atoms with E-state index in [9.17, 15) is 0 Å². The van der Waals surface area contributed by atoms with Gasteiger partial charge in [0.2, 0.25) is 11.8 Å². The van der Waals surface area contributed by atoms with Crippen LogP contribution in [0.3, 0.4) is 0 Å². The number of hydrogen-bond acceptors (Lipinski definition) is 6. The van der Waals surface area contributed by atoms with Crippen molar-refractivity contribution in [1.82, 2.24) is 24.6 Å². The predicted molar refractivity (Wildman–Crippen MR) is 88.3 cm³/mol. The molecule has 1 aliphatic rings. The Kier molecular flexibility index (Phi) is 3.82. The molecule has 3 aromatic rings. The van der Waals surface area contributed by atoms with Crippen LogP contribution in [0.25, 0.3) is 11.0 Å². The maximum atomic E-state index is 5.97. The highest BCUT2D eigenvalue weighted by Gasteiger charge is 2.30. The van der Waals surface area contributed by atoms with Gasteiger partial charge in [0.05, 0.1) is 23.5 Å². The predicted octanol–water partition coefficient (Wildman–Crippen LogP) is 2.23. The van der Waals surface area contributed by atoms with Crippen molar-refractivity contribution in [3.05, 3.63) is 41.9 Å². The molecule has 0 N–H and O–H groups in total. The molecule has 0 amide bonds. The van der Waals surface area contributed by atoms with E-state index in [1.807, 2.05) is 17.9 Å². The number of imidazole rings is 1. The Balaban J connectivity index is 1.51. The van der Waals surface area contributed by atoms with E-state index in [1.54, 1.807) is 6.92 Å². The number of benzene rings is 1. The van der Waals surface area contributed by atoms with Crippen LogP contribution in [0.15, 0.2) is 28.9 Å². The van der Waals surface area contributed by atoms with Gasteiger partial charge >= 0.3 is 0 Å². The zero-order chi connectivity index (χ0) is 16.7. The Hall–Kier alpha value is -2.25. The zero-order valence-corrected chi connectivity index (χ0v) is 14.1. The molecule has 0 spiro atoms. The summed E-state index contributed by atoms with van der Waals surface area (Å²) in [6.07, 6.45) is 1.79. The third-order valence-corrected chi connectivity index (χ3v) is 4.35. The molecule has 2 aromatic heterocycles. The normalized spacial score (nSPS) is 22.3. The smallest absolute Gasteiger partial charge is 0.246 e. The number of rotatable bonds is 3. The van der Waals surface area contributed by atoms with Crippen LogP contribution in [0.5, 0.6) is 0 Å². The molecule has 0 saturated carbocycles. The second-order valence-corrected chi connectivity index (χ2v) is 6.47. The number of morpholine rings is 1. The number of fused-ring (bicyclic) bond motifs is 1. The molecule has 4 rings (SSSR count). The highest BCUT2D eigenvalue weighted by molar-refractivity contribution is 5.75. The van der Waals surface area contributed by atoms with Crippen molar-refractivity contribution in [3.63, 3.8) is 0 Å². The number of hydrogen-bond donors (Lipinski definition) is 0. The lowest BCUT2D eigenvalue weighted by atomic mass is 10.1. The van der Waals surface area contributed by atoms with Crippen LogP contribution in [0.1, 0.15) is 30.4 Å². The third kappa shape index (κ3) is 2.92. The van der Waals surface area contributed by atoms with Crippen molar-refractivity contribution in [1.29, 1.82) is 0 Å². The number of aromatic nitrogens is 4. The summed E-state index contributed by atoms with van der Waals surface area (Å²) in [4.78, 5) is 6.80. The van der Waals surface area contributed by atoms with Gasteiger partial charge in [-0.05, 0) is 24.6 Å². The van der Waals surface area contributed by atoms with Gasteiger partial charge in [-0.1, -0.05) is 6.07 Å². The molecule has 1 aliphatic heterocycles. The van der Waals surface area contributed by atoms with Gasteiger partial charge in [-0.2, -0.15) is 0 Å². The highest BCUT2D eigenvalue weighted by Crippen LogP contribution is 2.26. The van der Waals surface area contributed by atoms with E-state index < -0.39 is 0 Å². The topological polar surface area (TPSA) is 69.2 Å². The van der Waals surface area contributed by atoms with Gasteiger partial charge in [0, 0.05) is 33.6 Å². The summed E-state index contributed by atoms with van der Waals surface area (Å²) in [7, 11) is 2.01. The van der Waals surface area contributed by atoms with Crippen LogP contribution in [-0.4, -0.2) is 43.8 Å². The molecule has 0 unspecified atom stereocenters. The fourth-order valence-corrected chi connectivity index (χ4v) is 3.28. The summed E-state index contributed by atoms with van der Waals surface area (Å²) < 4.78 is 13.5. The quantitative estimate of drug-likeness (QED) is 0.735. The molecular formula is C17H21N5O2. The first-order chi connectivity index (χ1) is 11.6. The van der Waals surface area contributed by atoms with Crippen LogP contribution >= 0.6 is 0 Å². The van der Waals surface area contributed by atoms with Crippen LogP contribution in [0, 0.1) is 6.92 Å². The van der Waals surface area contributed by atoms with Crippen molar-refractivity contribution in [3.8, 4) is 0 Å². The molecule has 2 atom stereocenters. The molecule has 1 aromatic carbocycles. The van der Waals surface area contributed by atoms with Gasteiger partial charge in [0.25, 0.3) is 0 Å². The minimum atomic E-state index is -0.173. The highest BCUT2D eigenvalue weighted by atomic mass is 16.5.